The highest BCUT2D eigenvalue weighted by atomic mass is 14.8. The first-order valence-corrected chi connectivity index (χ1v) is 5.59. The van der Waals surface area contributed by atoms with Crippen molar-refractivity contribution in [2.45, 2.75) is 33.7 Å². The smallest absolute Gasteiger partial charge is 0.0783 e. The maximum Gasteiger partial charge on any atom is 0.0783 e. The van der Waals surface area contributed by atoms with Crippen molar-refractivity contribution in [1.82, 2.24) is 0 Å². The molecular formula is C14H19N. The number of allylic oxidation sites excluding steroid dienone is 3. The number of nitrogens with zero attached hydrogens (tertiary/aromatic N) is 1. The van der Waals surface area contributed by atoms with E-state index in [0.29, 0.717) is 12.0 Å². The summed E-state index contributed by atoms with van der Waals surface area (Å²) in [6, 6.07) is 0.334. The lowest BCUT2D eigenvalue weighted by Gasteiger charge is -2.31. The molecule has 1 aliphatic carbocycles. The van der Waals surface area contributed by atoms with Crippen molar-refractivity contribution in [3.8, 4) is 0 Å². The van der Waals surface area contributed by atoms with Gasteiger partial charge in [0.25, 0.3) is 0 Å². The Morgan fingerprint density at radius 3 is 2.67 bits per heavy atom. The fraction of sp³-hybridized carbons (Fsp3) is 0.500. The summed E-state index contributed by atoms with van der Waals surface area (Å²) in [5.74, 6) is 0.481. The number of hydrogen-bond acceptors (Lipinski definition) is 1. The summed E-state index contributed by atoms with van der Waals surface area (Å²) in [5.41, 5.74) is 3.08. The molecular weight excluding hydrogens is 182 g/mol. The van der Waals surface area contributed by atoms with Gasteiger partial charge in [-0.3, -0.25) is 4.99 Å². The quantitative estimate of drug-likeness (QED) is 0.568. The summed E-state index contributed by atoms with van der Waals surface area (Å²) in [6.45, 7) is 8.97. The van der Waals surface area contributed by atoms with Crippen LogP contribution in [0.15, 0.2) is 40.4 Å². The molecule has 0 N–H and O–H groups in total. The maximum atomic E-state index is 4.49. The number of aliphatic imine (C=N–C) groups is 1. The van der Waals surface area contributed by atoms with E-state index in [9.17, 15) is 0 Å². The molecule has 0 saturated heterocycles. The molecule has 0 bridgehead atoms. The van der Waals surface area contributed by atoms with Gasteiger partial charge in [0.2, 0.25) is 0 Å². The zero-order valence-corrected chi connectivity index (χ0v) is 9.99. The molecule has 1 heteroatoms. The lowest BCUT2D eigenvalue weighted by molar-refractivity contribution is 0.499. The molecule has 0 saturated carbocycles. The predicted octanol–water partition coefficient (Wildman–Crippen LogP) is 3.54. The van der Waals surface area contributed by atoms with Gasteiger partial charge in [-0.05, 0) is 24.0 Å². The minimum atomic E-state index is 0.239. The van der Waals surface area contributed by atoms with Crippen LogP contribution in [0.1, 0.15) is 27.7 Å². The van der Waals surface area contributed by atoms with Crippen LogP contribution >= 0.6 is 0 Å². The van der Waals surface area contributed by atoms with Crippen LogP contribution in [0.3, 0.4) is 0 Å². The van der Waals surface area contributed by atoms with Gasteiger partial charge in [0, 0.05) is 12.1 Å². The van der Waals surface area contributed by atoms with Crippen molar-refractivity contribution < 1.29 is 0 Å². The van der Waals surface area contributed by atoms with Crippen LogP contribution in [0.5, 0.6) is 0 Å². The Morgan fingerprint density at radius 2 is 2.00 bits per heavy atom. The van der Waals surface area contributed by atoms with Crippen LogP contribution in [-0.4, -0.2) is 12.3 Å². The Morgan fingerprint density at radius 1 is 1.27 bits per heavy atom. The van der Waals surface area contributed by atoms with Gasteiger partial charge >= 0.3 is 0 Å². The maximum absolute atomic E-state index is 4.49. The van der Waals surface area contributed by atoms with Gasteiger partial charge in [-0.15, -0.1) is 0 Å². The molecule has 0 spiro atoms. The highest BCUT2D eigenvalue weighted by Crippen LogP contribution is 2.35. The largest absolute Gasteiger partial charge is 0.285 e. The second-order valence-corrected chi connectivity index (χ2v) is 5.46. The summed E-state index contributed by atoms with van der Waals surface area (Å²) in [5, 5.41) is 0. The summed E-state index contributed by atoms with van der Waals surface area (Å²) < 4.78 is 0. The molecule has 2 unspecified atom stereocenters. The van der Waals surface area contributed by atoms with E-state index in [0.717, 1.165) is 0 Å². The molecule has 2 aliphatic rings. The van der Waals surface area contributed by atoms with Crippen LogP contribution in [0, 0.1) is 11.3 Å². The Balaban J connectivity index is 2.32. The van der Waals surface area contributed by atoms with E-state index >= 15 is 0 Å². The molecule has 2 rings (SSSR count). The van der Waals surface area contributed by atoms with Gasteiger partial charge in [-0.25, -0.2) is 0 Å². The van der Waals surface area contributed by atoms with E-state index in [-0.39, 0.29) is 5.41 Å². The van der Waals surface area contributed by atoms with Gasteiger partial charge in [0.1, 0.15) is 0 Å². The van der Waals surface area contributed by atoms with Crippen LogP contribution in [0.4, 0.5) is 0 Å². The van der Waals surface area contributed by atoms with Crippen molar-refractivity contribution in [3.05, 3.63) is 35.5 Å². The zero-order valence-electron chi connectivity index (χ0n) is 9.99. The van der Waals surface area contributed by atoms with Crippen molar-refractivity contribution >= 4 is 6.21 Å². The zero-order chi connectivity index (χ0) is 11.1. The van der Waals surface area contributed by atoms with E-state index in [1.807, 2.05) is 6.21 Å². The van der Waals surface area contributed by atoms with E-state index in [1.54, 1.807) is 0 Å². The van der Waals surface area contributed by atoms with Crippen molar-refractivity contribution in [3.63, 3.8) is 0 Å². The summed E-state index contributed by atoms with van der Waals surface area (Å²) in [4.78, 5) is 4.49. The first kappa shape index (κ1) is 10.4. The molecule has 0 radical (unpaired) electrons. The average molecular weight is 201 g/mol. The first-order valence-electron chi connectivity index (χ1n) is 5.59. The highest BCUT2D eigenvalue weighted by molar-refractivity contribution is 5.74. The average Bonchev–Trinajstić information content (AvgIpc) is 2.16. The first-order chi connectivity index (χ1) is 6.98. The lowest BCUT2D eigenvalue weighted by atomic mass is 9.77. The number of hydrogen-bond donors (Lipinski definition) is 0. The van der Waals surface area contributed by atoms with Gasteiger partial charge < -0.3 is 0 Å². The fourth-order valence-electron chi connectivity index (χ4n) is 2.08. The Hall–Kier alpha value is -1.11. The third kappa shape index (κ3) is 1.97. The summed E-state index contributed by atoms with van der Waals surface area (Å²) in [7, 11) is 0. The second-order valence-electron chi connectivity index (χ2n) is 5.46. The number of fused-ring (bicyclic) bond motifs is 1. The monoisotopic (exact) mass is 201 g/mol. The van der Waals surface area contributed by atoms with Crippen LogP contribution < -0.4 is 0 Å². The van der Waals surface area contributed by atoms with Crippen LogP contribution in [0.2, 0.25) is 0 Å². The van der Waals surface area contributed by atoms with E-state index in [4.69, 9.17) is 0 Å². The second kappa shape index (κ2) is 3.48. The Labute approximate surface area is 92.3 Å². The van der Waals surface area contributed by atoms with Crippen molar-refractivity contribution in [1.29, 1.82) is 0 Å². The number of dihydropyridines is 1. The Kier molecular flexibility index (Phi) is 2.41. The van der Waals surface area contributed by atoms with Crippen LogP contribution in [-0.2, 0) is 0 Å². The molecule has 0 amide bonds. The highest BCUT2D eigenvalue weighted by Gasteiger charge is 2.26. The SMILES string of the molecule is CC1=CC=NC2C=CC(C(C)(C)C)=CC12. The third-order valence-corrected chi connectivity index (χ3v) is 3.19. The molecule has 2 atom stereocenters. The molecule has 15 heavy (non-hydrogen) atoms. The van der Waals surface area contributed by atoms with E-state index in [1.165, 1.54) is 11.1 Å². The van der Waals surface area contributed by atoms with Gasteiger partial charge in [0.05, 0.1) is 6.04 Å². The van der Waals surface area contributed by atoms with Crippen molar-refractivity contribution in [2.24, 2.45) is 16.3 Å². The summed E-state index contributed by atoms with van der Waals surface area (Å²) >= 11 is 0. The minimum absolute atomic E-state index is 0.239. The van der Waals surface area contributed by atoms with Crippen LogP contribution in [0.25, 0.3) is 0 Å². The lowest BCUT2D eigenvalue weighted by Crippen LogP contribution is -2.24. The third-order valence-electron chi connectivity index (χ3n) is 3.19. The molecule has 1 heterocycles. The summed E-state index contributed by atoms with van der Waals surface area (Å²) in [6.07, 6.45) is 10.9. The van der Waals surface area contributed by atoms with Gasteiger partial charge in [-0.2, -0.15) is 0 Å². The molecule has 0 aromatic heterocycles. The van der Waals surface area contributed by atoms with Crippen molar-refractivity contribution in [2.75, 3.05) is 0 Å². The molecule has 0 aromatic rings. The normalized spacial score (nSPS) is 29.6. The van der Waals surface area contributed by atoms with Gasteiger partial charge in [0.15, 0.2) is 0 Å². The molecule has 80 valence electrons. The fourth-order valence-corrected chi connectivity index (χ4v) is 2.08. The van der Waals surface area contributed by atoms with E-state index in [2.05, 4.69) is 57.0 Å². The predicted molar refractivity (Wildman–Crippen MR) is 66.2 cm³/mol. The minimum Gasteiger partial charge on any atom is -0.285 e. The molecule has 1 nitrogen and oxygen atoms in total. The standard InChI is InChI=1S/C14H19N/c1-10-7-8-15-13-6-5-11(9-12(10)13)14(2,3)4/h5-9,12-13H,1-4H3. The molecule has 0 fully saturated rings. The topological polar surface area (TPSA) is 12.4 Å². The van der Waals surface area contributed by atoms with Gasteiger partial charge in [-0.1, -0.05) is 44.6 Å². The molecule has 0 aromatic carbocycles. The molecule has 1 aliphatic heterocycles. The Bertz CT molecular complexity index is 375. The van der Waals surface area contributed by atoms with E-state index < -0.39 is 0 Å². The number of rotatable bonds is 0.